The molecule has 0 aromatic carbocycles. The molecule has 0 radical (unpaired) electrons. The Morgan fingerprint density at radius 2 is 1.96 bits per heavy atom. The van der Waals surface area contributed by atoms with E-state index in [0.717, 1.165) is 51.0 Å². The largest absolute Gasteiger partial charge is 0.379 e. The van der Waals surface area contributed by atoms with Crippen molar-refractivity contribution in [3.8, 4) is 0 Å². The predicted octanol–water partition coefficient (Wildman–Crippen LogP) is 2.27. The Hall–Kier alpha value is -1.66. The van der Waals surface area contributed by atoms with E-state index in [1.54, 1.807) is 0 Å². The van der Waals surface area contributed by atoms with Crippen LogP contribution in [-0.4, -0.2) is 61.3 Å². The summed E-state index contributed by atoms with van der Waals surface area (Å²) in [6, 6.07) is 6.44. The molecule has 1 saturated heterocycles. The normalized spacial score (nSPS) is 17.3. The number of morpholine rings is 1. The molecule has 1 atom stereocenters. The third-order valence-electron chi connectivity index (χ3n) is 5.06. The van der Waals surface area contributed by atoms with E-state index in [2.05, 4.69) is 41.3 Å². The van der Waals surface area contributed by atoms with E-state index in [9.17, 15) is 0 Å². The van der Waals surface area contributed by atoms with Gasteiger partial charge in [0.2, 0.25) is 0 Å². The van der Waals surface area contributed by atoms with E-state index in [0.29, 0.717) is 18.5 Å². The number of hydrogen-bond donors (Lipinski definition) is 2. The summed E-state index contributed by atoms with van der Waals surface area (Å²) in [5.41, 5.74) is 0.981. The number of hydrogen-bond acceptors (Lipinski definition) is 4. The summed E-state index contributed by atoms with van der Waals surface area (Å²) in [5, 5.41) is 6.92. The molecule has 1 aliphatic rings. The van der Waals surface area contributed by atoms with Crippen LogP contribution >= 0.6 is 0 Å². The van der Waals surface area contributed by atoms with Gasteiger partial charge in [0.1, 0.15) is 0 Å². The van der Waals surface area contributed by atoms with Gasteiger partial charge in [0.25, 0.3) is 0 Å². The number of aliphatic imine (C=N–C) groups is 1. The van der Waals surface area contributed by atoms with Crippen molar-refractivity contribution in [3.05, 3.63) is 30.1 Å². The fourth-order valence-electron chi connectivity index (χ4n) is 3.53. The van der Waals surface area contributed by atoms with Crippen molar-refractivity contribution in [1.29, 1.82) is 0 Å². The van der Waals surface area contributed by atoms with E-state index in [1.165, 1.54) is 12.8 Å². The molecule has 2 rings (SSSR count). The number of rotatable bonds is 9. The van der Waals surface area contributed by atoms with Crippen LogP contribution in [0.5, 0.6) is 0 Å². The SMILES string of the molecule is CCNC(=NCc1ccccn1)NCC(C(CC)CC)N1CCOCC1. The van der Waals surface area contributed by atoms with Crippen molar-refractivity contribution in [2.75, 3.05) is 39.4 Å². The third kappa shape index (κ3) is 6.57. The molecule has 2 N–H and O–H groups in total. The van der Waals surface area contributed by atoms with Crippen LogP contribution in [0.15, 0.2) is 29.4 Å². The summed E-state index contributed by atoms with van der Waals surface area (Å²) in [6.07, 6.45) is 4.20. The van der Waals surface area contributed by atoms with Gasteiger partial charge in [-0.15, -0.1) is 0 Å². The summed E-state index contributed by atoms with van der Waals surface area (Å²) < 4.78 is 5.54. The lowest BCUT2D eigenvalue weighted by atomic mass is 9.92. The maximum atomic E-state index is 5.54. The predicted molar refractivity (Wildman–Crippen MR) is 107 cm³/mol. The molecule has 0 spiro atoms. The Balaban J connectivity index is 1.99. The number of aromatic nitrogens is 1. The van der Waals surface area contributed by atoms with Gasteiger partial charge in [-0.3, -0.25) is 9.88 Å². The molecule has 0 saturated carbocycles. The monoisotopic (exact) mass is 361 g/mol. The van der Waals surface area contributed by atoms with Gasteiger partial charge in [0, 0.05) is 38.4 Å². The van der Waals surface area contributed by atoms with Crippen LogP contribution in [-0.2, 0) is 11.3 Å². The van der Waals surface area contributed by atoms with Gasteiger partial charge in [0.15, 0.2) is 5.96 Å². The summed E-state index contributed by atoms with van der Waals surface area (Å²) >= 11 is 0. The van der Waals surface area contributed by atoms with E-state index in [-0.39, 0.29) is 0 Å². The molecule has 1 aliphatic heterocycles. The molecule has 6 nitrogen and oxygen atoms in total. The molecule has 1 aromatic rings. The number of guanidine groups is 1. The Morgan fingerprint density at radius 1 is 1.19 bits per heavy atom. The van der Waals surface area contributed by atoms with Crippen molar-refractivity contribution in [1.82, 2.24) is 20.5 Å². The second kappa shape index (κ2) is 11.9. The number of nitrogens with one attached hydrogen (secondary N) is 2. The van der Waals surface area contributed by atoms with Crippen molar-refractivity contribution in [2.45, 2.75) is 46.2 Å². The molecule has 1 aromatic heterocycles. The van der Waals surface area contributed by atoms with Crippen LogP contribution in [0, 0.1) is 5.92 Å². The second-order valence-corrected chi connectivity index (χ2v) is 6.69. The van der Waals surface area contributed by atoms with E-state index < -0.39 is 0 Å². The molecule has 0 aliphatic carbocycles. The lowest BCUT2D eigenvalue weighted by Gasteiger charge is -2.39. The maximum Gasteiger partial charge on any atom is 0.191 e. The van der Waals surface area contributed by atoms with Crippen LogP contribution in [0.2, 0.25) is 0 Å². The zero-order chi connectivity index (χ0) is 18.6. The average molecular weight is 362 g/mol. The highest BCUT2D eigenvalue weighted by Crippen LogP contribution is 2.19. The highest BCUT2D eigenvalue weighted by atomic mass is 16.5. The first kappa shape index (κ1) is 20.6. The van der Waals surface area contributed by atoms with Crippen LogP contribution in [0.3, 0.4) is 0 Å². The fraction of sp³-hybridized carbons (Fsp3) is 0.700. The maximum absolute atomic E-state index is 5.54. The Labute approximate surface area is 158 Å². The van der Waals surface area contributed by atoms with E-state index in [4.69, 9.17) is 9.73 Å². The van der Waals surface area contributed by atoms with Gasteiger partial charge in [0.05, 0.1) is 25.5 Å². The lowest BCUT2D eigenvalue weighted by molar-refractivity contribution is 0.00272. The first-order valence-corrected chi connectivity index (χ1v) is 10.0. The standard InChI is InChI=1S/C20H35N5O/c1-4-17(5-2)19(25-11-13-26-14-12-25)16-24-20(21-6-3)23-15-18-9-7-8-10-22-18/h7-10,17,19H,4-6,11-16H2,1-3H3,(H2,21,23,24). The topological polar surface area (TPSA) is 61.8 Å². The molecule has 0 bridgehead atoms. The fourth-order valence-corrected chi connectivity index (χ4v) is 3.53. The van der Waals surface area contributed by atoms with Gasteiger partial charge in [-0.05, 0) is 25.0 Å². The quantitative estimate of drug-likeness (QED) is 0.522. The van der Waals surface area contributed by atoms with Crippen molar-refractivity contribution < 1.29 is 4.74 Å². The molecule has 0 amide bonds. The molecular weight excluding hydrogens is 326 g/mol. The van der Waals surface area contributed by atoms with Crippen LogP contribution < -0.4 is 10.6 Å². The third-order valence-corrected chi connectivity index (χ3v) is 5.06. The van der Waals surface area contributed by atoms with E-state index in [1.807, 2.05) is 24.4 Å². The molecule has 2 heterocycles. The molecule has 146 valence electrons. The first-order valence-electron chi connectivity index (χ1n) is 10.0. The Kier molecular flexibility index (Phi) is 9.42. The summed E-state index contributed by atoms with van der Waals surface area (Å²) in [6.45, 7) is 12.7. The average Bonchev–Trinajstić information content (AvgIpc) is 2.70. The summed E-state index contributed by atoms with van der Waals surface area (Å²) in [4.78, 5) is 11.6. The number of ether oxygens (including phenoxy) is 1. The lowest BCUT2D eigenvalue weighted by Crippen LogP contribution is -2.53. The van der Waals surface area contributed by atoms with Crippen LogP contribution in [0.25, 0.3) is 0 Å². The van der Waals surface area contributed by atoms with Crippen molar-refractivity contribution in [3.63, 3.8) is 0 Å². The van der Waals surface area contributed by atoms with Gasteiger partial charge < -0.3 is 15.4 Å². The molecule has 6 heteroatoms. The van der Waals surface area contributed by atoms with Gasteiger partial charge in [-0.25, -0.2) is 4.99 Å². The number of pyridine rings is 1. The minimum absolute atomic E-state index is 0.507. The molecular formula is C20H35N5O. The minimum Gasteiger partial charge on any atom is -0.379 e. The Morgan fingerprint density at radius 3 is 2.58 bits per heavy atom. The zero-order valence-electron chi connectivity index (χ0n) is 16.6. The van der Waals surface area contributed by atoms with Crippen molar-refractivity contribution in [2.24, 2.45) is 10.9 Å². The van der Waals surface area contributed by atoms with Gasteiger partial charge in [-0.2, -0.15) is 0 Å². The Bertz CT molecular complexity index is 512. The minimum atomic E-state index is 0.507. The summed E-state index contributed by atoms with van der Waals surface area (Å²) in [7, 11) is 0. The van der Waals surface area contributed by atoms with E-state index >= 15 is 0 Å². The molecule has 1 fully saturated rings. The highest BCUT2D eigenvalue weighted by Gasteiger charge is 2.26. The zero-order valence-corrected chi connectivity index (χ0v) is 16.6. The number of nitrogens with zero attached hydrogens (tertiary/aromatic N) is 3. The van der Waals surface area contributed by atoms with Gasteiger partial charge >= 0.3 is 0 Å². The smallest absolute Gasteiger partial charge is 0.191 e. The van der Waals surface area contributed by atoms with Crippen LogP contribution in [0.4, 0.5) is 0 Å². The first-order chi connectivity index (χ1) is 12.8. The van der Waals surface area contributed by atoms with Crippen molar-refractivity contribution >= 4 is 5.96 Å². The van der Waals surface area contributed by atoms with Gasteiger partial charge in [-0.1, -0.05) is 32.8 Å². The van der Waals surface area contributed by atoms with Crippen LogP contribution in [0.1, 0.15) is 39.3 Å². The molecule has 1 unspecified atom stereocenters. The second-order valence-electron chi connectivity index (χ2n) is 6.69. The highest BCUT2D eigenvalue weighted by molar-refractivity contribution is 5.79. The molecule has 26 heavy (non-hydrogen) atoms. The summed E-state index contributed by atoms with van der Waals surface area (Å²) in [5.74, 6) is 1.54.